The third kappa shape index (κ3) is 2.61. The molecule has 5 nitrogen and oxygen atoms in total. The minimum absolute atomic E-state index is 0.0399. The van der Waals surface area contributed by atoms with Crippen molar-refractivity contribution in [3.8, 4) is 0 Å². The van der Waals surface area contributed by atoms with Gasteiger partial charge in [0.05, 0.1) is 23.0 Å². The zero-order valence-corrected chi connectivity index (χ0v) is 13.6. The molecule has 1 aliphatic heterocycles. The van der Waals surface area contributed by atoms with Gasteiger partial charge in [-0.2, -0.15) is 5.10 Å². The van der Waals surface area contributed by atoms with Crippen molar-refractivity contribution in [3.05, 3.63) is 16.9 Å². The molecule has 0 bridgehead atoms. The average Bonchev–Trinajstić information content (AvgIpc) is 3.12. The fourth-order valence-electron chi connectivity index (χ4n) is 4.35. The van der Waals surface area contributed by atoms with Gasteiger partial charge in [-0.25, -0.2) is 5.43 Å². The van der Waals surface area contributed by atoms with Crippen molar-refractivity contribution >= 4 is 11.6 Å². The van der Waals surface area contributed by atoms with Crippen molar-refractivity contribution in [1.29, 1.82) is 0 Å². The Morgan fingerprint density at radius 2 is 1.90 bits per heavy atom. The summed E-state index contributed by atoms with van der Waals surface area (Å²) >= 11 is 6.40. The number of aryl methyl sites for hydroxylation is 1. The normalized spacial score (nSPS) is 24.3. The van der Waals surface area contributed by atoms with Gasteiger partial charge in [-0.15, -0.1) is 0 Å². The molecule has 1 saturated heterocycles. The molecule has 1 saturated carbocycles. The zero-order chi connectivity index (χ0) is 14.9. The lowest BCUT2D eigenvalue weighted by molar-refractivity contribution is 0.0336. The van der Waals surface area contributed by atoms with E-state index in [1.165, 1.54) is 58.0 Å². The van der Waals surface area contributed by atoms with Crippen LogP contribution in [-0.4, -0.2) is 33.3 Å². The molecule has 1 unspecified atom stereocenters. The Hall–Kier alpha value is -0.620. The molecule has 0 radical (unpaired) electrons. The summed E-state index contributed by atoms with van der Waals surface area (Å²) in [5, 5.41) is 5.02. The predicted octanol–water partition coefficient (Wildman–Crippen LogP) is 2.38. The molecule has 2 heterocycles. The Balaban J connectivity index is 1.98. The average molecular weight is 312 g/mol. The molecule has 118 valence electrons. The molecule has 21 heavy (non-hydrogen) atoms. The zero-order valence-electron chi connectivity index (χ0n) is 12.8. The van der Waals surface area contributed by atoms with Gasteiger partial charge in [-0.1, -0.05) is 30.9 Å². The monoisotopic (exact) mass is 311 g/mol. The fraction of sp³-hybridized carbons (Fsp3) is 0.800. The molecule has 6 heteroatoms. The lowest BCUT2D eigenvalue weighted by Gasteiger charge is -2.48. The van der Waals surface area contributed by atoms with Crippen LogP contribution in [0.3, 0.4) is 0 Å². The smallest absolute Gasteiger partial charge is 0.0835 e. The van der Waals surface area contributed by atoms with Crippen molar-refractivity contribution in [2.24, 2.45) is 12.9 Å². The number of nitrogens with zero attached hydrogens (tertiary/aromatic N) is 3. The highest BCUT2D eigenvalue weighted by Crippen LogP contribution is 2.46. The SMILES string of the molecule is Cn1ncc(Cl)c1C(NN)C1(N2CCCCC2)CCCC1. The van der Waals surface area contributed by atoms with E-state index in [-0.39, 0.29) is 11.6 Å². The second kappa shape index (κ2) is 6.24. The fourth-order valence-corrected chi connectivity index (χ4v) is 4.62. The minimum atomic E-state index is 0.0399. The van der Waals surface area contributed by atoms with E-state index in [0.717, 1.165) is 5.69 Å². The summed E-state index contributed by atoms with van der Waals surface area (Å²) < 4.78 is 1.87. The number of hydrogen-bond acceptors (Lipinski definition) is 4. The second-order valence-electron chi connectivity index (χ2n) is 6.46. The largest absolute Gasteiger partial charge is 0.296 e. The quantitative estimate of drug-likeness (QED) is 0.662. The van der Waals surface area contributed by atoms with Crippen LogP contribution in [0.25, 0.3) is 0 Å². The van der Waals surface area contributed by atoms with Crippen LogP contribution in [-0.2, 0) is 7.05 Å². The summed E-state index contributed by atoms with van der Waals surface area (Å²) in [7, 11) is 1.95. The highest BCUT2D eigenvalue weighted by atomic mass is 35.5. The molecule has 0 spiro atoms. The first-order chi connectivity index (χ1) is 10.2. The Labute approximate surface area is 131 Å². The van der Waals surface area contributed by atoms with E-state index in [0.29, 0.717) is 5.02 Å². The number of rotatable bonds is 4. The van der Waals surface area contributed by atoms with E-state index in [1.807, 2.05) is 11.7 Å². The van der Waals surface area contributed by atoms with E-state index in [9.17, 15) is 0 Å². The summed E-state index contributed by atoms with van der Waals surface area (Å²) in [6.45, 7) is 2.35. The van der Waals surface area contributed by atoms with Crippen LogP contribution in [0.1, 0.15) is 56.7 Å². The van der Waals surface area contributed by atoms with Crippen molar-refractivity contribution in [3.63, 3.8) is 0 Å². The molecule has 1 aliphatic carbocycles. The number of hydrazine groups is 1. The number of nitrogens with two attached hydrogens (primary N) is 1. The topological polar surface area (TPSA) is 59.1 Å². The van der Waals surface area contributed by atoms with Crippen LogP contribution in [0.4, 0.5) is 0 Å². The Morgan fingerprint density at radius 1 is 1.24 bits per heavy atom. The number of halogens is 1. The second-order valence-corrected chi connectivity index (χ2v) is 6.87. The lowest BCUT2D eigenvalue weighted by Crippen LogP contribution is -2.58. The van der Waals surface area contributed by atoms with Gasteiger partial charge in [0.25, 0.3) is 0 Å². The van der Waals surface area contributed by atoms with Crippen LogP contribution in [0.2, 0.25) is 5.02 Å². The first-order valence-electron chi connectivity index (χ1n) is 8.07. The van der Waals surface area contributed by atoms with Gasteiger partial charge in [-0.05, 0) is 38.8 Å². The van der Waals surface area contributed by atoms with Crippen LogP contribution >= 0.6 is 11.6 Å². The van der Waals surface area contributed by atoms with Gasteiger partial charge in [0.1, 0.15) is 0 Å². The summed E-state index contributed by atoms with van der Waals surface area (Å²) in [6.07, 6.45) is 10.6. The van der Waals surface area contributed by atoms with Crippen molar-refractivity contribution in [2.45, 2.75) is 56.5 Å². The summed E-state index contributed by atoms with van der Waals surface area (Å²) in [5.41, 5.74) is 4.19. The standard InChI is InChI=1S/C15H26ClN5/c1-20-13(12(16)11-18-20)14(19-17)15(7-3-4-8-15)21-9-5-2-6-10-21/h11,14,19H,2-10,17H2,1H3. The molecule has 3 rings (SSSR count). The Morgan fingerprint density at radius 3 is 2.43 bits per heavy atom. The lowest BCUT2D eigenvalue weighted by atomic mass is 9.83. The van der Waals surface area contributed by atoms with Crippen LogP contribution < -0.4 is 11.3 Å². The van der Waals surface area contributed by atoms with Crippen molar-refractivity contribution < 1.29 is 0 Å². The molecular weight excluding hydrogens is 286 g/mol. The third-order valence-corrected chi connectivity index (χ3v) is 5.66. The Kier molecular flexibility index (Phi) is 4.54. The van der Waals surface area contributed by atoms with Gasteiger partial charge in [0, 0.05) is 12.6 Å². The first kappa shape index (κ1) is 15.3. The van der Waals surface area contributed by atoms with Gasteiger partial charge in [0.2, 0.25) is 0 Å². The third-order valence-electron chi connectivity index (χ3n) is 5.37. The number of aromatic nitrogens is 2. The molecular formula is C15H26ClN5. The summed E-state index contributed by atoms with van der Waals surface area (Å²) in [5.74, 6) is 6.00. The van der Waals surface area contributed by atoms with Crippen molar-refractivity contribution in [1.82, 2.24) is 20.1 Å². The number of hydrogen-bond donors (Lipinski definition) is 2. The van der Waals surface area contributed by atoms with Gasteiger partial charge in [0.15, 0.2) is 0 Å². The molecule has 2 fully saturated rings. The molecule has 0 aromatic carbocycles. The highest BCUT2D eigenvalue weighted by Gasteiger charge is 2.48. The van der Waals surface area contributed by atoms with E-state index >= 15 is 0 Å². The summed E-state index contributed by atoms with van der Waals surface area (Å²) in [4.78, 5) is 2.66. The predicted molar refractivity (Wildman–Crippen MR) is 84.9 cm³/mol. The van der Waals surface area contributed by atoms with Crippen LogP contribution in [0, 0.1) is 0 Å². The van der Waals surface area contributed by atoms with Crippen molar-refractivity contribution in [2.75, 3.05) is 13.1 Å². The van der Waals surface area contributed by atoms with Crippen LogP contribution in [0.5, 0.6) is 0 Å². The molecule has 2 aliphatic rings. The maximum absolute atomic E-state index is 6.40. The van der Waals surface area contributed by atoms with Crippen LogP contribution in [0.15, 0.2) is 6.20 Å². The van der Waals surface area contributed by atoms with Gasteiger partial charge >= 0.3 is 0 Å². The minimum Gasteiger partial charge on any atom is -0.296 e. The molecule has 1 atom stereocenters. The van der Waals surface area contributed by atoms with Gasteiger partial charge < -0.3 is 0 Å². The first-order valence-corrected chi connectivity index (χ1v) is 8.45. The van der Waals surface area contributed by atoms with E-state index in [2.05, 4.69) is 15.4 Å². The highest BCUT2D eigenvalue weighted by molar-refractivity contribution is 6.31. The van der Waals surface area contributed by atoms with E-state index < -0.39 is 0 Å². The number of nitrogens with one attached hydrogen (secondary N) is 1. The molecule has 3 N–H and O–H groups in total. The molecule has 1 aromatic rings. The van der Waals surface area contributed by atoms with Gasteiger partial charge in [-0.3, -0.25) is 15.4 Å². The number of piperidine rings is 1. The number of likely N-dealkylation sites (tertiary alicyclic amines) is 1. The molecule has 1 aromatic heterocycles. The Bertz CT molecular complexity index is 455. The maximum atomic E-state index is 6.40. The molecule has 0 amide bonds. The maximum Gasteiger partial charge on any atom is 0.0835 e. The van der Waals surface area contributed by atoms with E-state index in [4.69, 9.17) is 17.4 Å². The summed E-state index contributed by atoms with van der Waals surface area (Å²) in [6, 6.07) is 0.0399. The van der Waals surface area contributed by atoms with E-state index in [1.54, 1.807) is 6.20 Å².